The number of thiophene rings is 1. The lowest BCUT2D eigenvalue weighted by Crippen LogP contribution is -2.30. The van der Waals surface area contributed by atoms with Crippen LogP contribution in [0.5, 0.6) is 0 Å². The maximum Gasteiger partial charge on any atom is 0.222 e. The highest BCUT2D eigenvalue weighted by Gasteiger charge is 2.18. The number of hydrogen-bond donors (Lipinski definition) is 1. The van der Waals surface area contributed by atoms with Crippen molar-refractivity contribution in [2.45, 2.75) is 52.6 Å². The van der Waals surface area contributed by atoms with Gasteiger partial charge in [0.05, 0.1) is 6.04 Å². The lowest BCUT2D eigenvalue weighted by atomic mass is 10.2. The minimum absolute atomic E-state index is 0.171. The van der Waals surface area contributed by atoms with Gasteiger partial charge < -0.3 is 10.2 Å². The van der Waals surface area contributed by atoms with E-state index in [9.17, 15) is 4.79 Å². The molecular weight excluding hydrogens is 256 g/mol. The number of hydrogen-bond acceptors (Lipinski definition) is 3. The summed E-state index contributed by atoms with van der Waals surface area (Å²) < 4.78 is 0. The first kappa shape index (κ1) is 16.2. The van der Waals surface area contributed by atoms with E-state index in [-0.39, 0.29) is 11.9 Å². The average molecular weight is 282 g/mol. The Morgan fingerprint density at radius 1 is 1.37 bits per heavy atom. The Morgan fingerprint density at radius 3 is 2.58 bits per heavy atom. The fourth-order valence-corrected chi connectivity index (χ4v) is 2.86. The summed E-state index contributed by atoms with van der Waals surface area (Å²) in [5.74, 6) is 0.226. The Hall–Kier alpha value is -0.870. The van der Waals surface area contributed by atoms with E-state index in [1.54, 1.807) is 11.3 Å². The number of rotatable bonds is 7. The monoisotopic (exact) mass is 282 g/mol. The molecule has 1 N–H and O–H groups in total. The zero-order valence-electron chi connectivity index (χ0n) is 12.7. The number of nitrogens with zero attached hydrogens (tertiary/aromatic N) is 1. The van der Waals surface area contributed by atoms with Crippen molar-refractivity contribution in [1.82, 2.24) is 10.2 Å². The normalized spacial score (nSPS) is 12.7. The van der Waals surface area contributed by atoms with Crippen molar-refractivity contribution in [1.29, 1.82) is 0 Å². The van der Waals surface area contributed by atoms with Crippen LogP contribution in [-0.2, 0) is 4.79 Å². The van der Waals surface area contributed by atoms with Gasteiger partial charge in [-0.25, -0.2) is 0 Å². The molecule has 0 radical (unpaired) electrons. The minimum atomic E-state index is 0.171. The minimum Gasteiger partial charge on any atom is -0.338 e. The largest absolute Gasteiger partial charge is 0.338 e. The first-order valence-electron chi connectivity index (χ1n) is 6.97. The predicted molar refractivity (Wildman–Crippen MR) is 82.6 cm³/mol. The summed E-state index contributed by atoms with van der Waals surface area (Å²) in [7, 11) is 1.90. The molecule has 1 amide bonds. The van der Waals surface area contributed by atoms with E-state index >= 15 is 0 Å². The van der Waals surface area contributed by atoms with Crippen LogP contribution in [-0.4, -0.2) is 30.4 Å². The van der Waals surface area contributed by atoms with Gasteiger partial charge in [0.1, 0.15) is 0 Å². The van der Waals surface area contributed by atoms with Gasteiger partial charge in [-0.1, -0.05) is 13.8 Å². The van der Waals surface area contributed by atoms with E-state index in [1.165, 1.54) is 9.75 Å². The molecule has 1 atom stereocenters. The molecule has 0 saturated heterocycles. The predicted octanol–water partition coefficient (Wildman–Crippen LogP) is 3.35. The molecule has 4 heteroatoms. The lowest BCUT2D eigenvalue weighted by molar-refractivity contribution is -0.131. The van der Waals surface area contributed by atoms with Crippen LogP contribution in [0.15, 0.2) is 12.1 Å². The Balaban J connectivity index is 2.39. The van der Waals surface area contributed by atoms with Crippen molar-refractivity contribution in [2.75, 3.05) is 13.6 Å². The second-order valence-corrected chi connectivity index (χ2v) is 6.66. The molecule has 3 nitrogen and oxygen atoms in total. The molecule has 0 aliphatic carbocycles. The quantitative estimate of drug-likeness (QED) is 0.778. The number of carbonyl (C=O) groups excluding carboxylic acids is 1. The van der Waals surface area contributed by atoms with Crippen LogP contribution in [0.3, 0.4) is 0 Å². The summed E-state index contributed by atoms with van der Waals surface area (Å²) in [5.41, 5.74) is 0. The molecule has 1 heterocycles. The topological polar surface area (TPSA) is 32.3 Å². The molecular formula is C15H26N2OS. The van der Waals surface area contributed by atoms with E-state index in [0.29, 0.717) is 12.5 Å². The molecule has 0 aliphatic rings. The van der Waals surface area contributed by atoms with E-state index in [2.05, 4.69) is 45.1 Å². The summed E-state index contributed by atoms with van der Waals surface area (Å²) in [5, 5.41) is 3.34. The summed E-state index contributed by atoms with van der Waals surface area (Å²) in [6.45, 7) is 9.34. The number of aryl methyl sites for hydroxylation is 1. The van der Waals surface area contributed by atoms with Crippen molar-refractivity contribution >= 4 is 17.2 Å². The fourth-order valence-electron chi connectivity index (χ4n) is 1.89. The van der Waals surface area contributed by atoms with Crippen LogP contribution < -0.4 is 5.32 Å². The third-order valence-corrected chi connectivity index (χ3v) is 4.44. The zero-order chi connectivity index (χ0) is 14.4. The van der Waals surface area contributed by atoms with Crippen LogP contribution >= 0.6 is 11.3 Å². The van der Waals surface area contributed by atoms with Gasteiger partial charge in [0.15, 0.2) is 0 Å². The smallest absolute Gasteiger partial charge is 0.222 e. The molecule has 0 saturated carbocycles. The third kappa shape index (κ3) is 5.33. The van der Waals surface area contributed by atoms with Crippen molar-refractivity contribution in [2.24, 2.45) is 0 Å². The van der Waals surface area contributed by atoms with Gasteiger partial charge in [-0.05, 0) is 38.9 Å². The van der Waals surface area contributed by atoms with Gasteiger partial charge >= 0.3 is 0 Å². The summed E-state index contributed by atoms with van der Waals surface area (Å²) >= 11 is 1.77. The first-order valence-corrected chi connectivity index (χ1v) is 7.79. The Bertz CT molecular complexity index is 401. The van der Waals surface area contributed by atoms with Crippen LogP contribution in [0.25, 0.3) is 0 Å². The second-order valence-electron chi connectivity index (χ2n) is 5.34. The molecule has 1 unspecified atom stereocenters. The summed E-state index contributed by atoms with van der Waals surface area (Å²) in [6, 6.07) is 4.89. The van der Waals surface area contributed by atoms with Gasteiger partial charge in [0.2, 0.25) is 5.91 Å². The van der Waals surface area contributed by atoms with E-state index in [0.717, 1.165) is 13.0 Å². The molecule has 0 aliphatic heterocycles. The second kappa shape index (κ2) is 7.65. The Morgan fingerprint density at radius 2 is 2.05 bits per heavy atom. The zero-order valence-corrected chi connectivity index (χ0v) is 13.5. The summed E-state index contributed by atoms with van der Waals surface area (Å²) in [6.07, 6.45) is 1.52. The van der Waals surface area contributed by atoms with Crippen LogP contribution in [0.2, 0.25) is 0 Å². The molecule has 0 spiro atoms. The van der Waals surface area contributed by atoms with Crippen molar-refractivity contribution < 1.29 is 4.79 Å². The molecule has 1 aromatic heterocycles. The van der Waals surface area contributed by atoms with Crippen LogP contribution in [0.1, 0.15) is 49.4 Å². The lowest BCUT2D eigenvalue weighted by Gasteiger charge is -2.24. The van der Waals surface area contributed by atoms with Crippen molar-refractivity contribution in [3.05, 3.63) is 21.9 Å². The highest BCUT2D eigenvalue weighted by molar-refractivity contribution is 7.12. The number of carbonyl (C=O) groups is 1. The molecule has 108 valence electrons. The fraction of sp³-hybridized carbons (Fsp3) is 0.667. The third-order valence-electron chi connectivity index (χ3n) is 3.27. The first-order chi connectivity index (χ1) is 8.91. The Kier molecular flexibility index (Phi) is 6.52. The Labute approximate surface area is 121 Å². The van der Waals surface area contributed by atoms with E-state index in [1.807, 2.05) is 11.9 Å². The van der Waals surface area contributed by atoms with E-state index in [4.69, 9.17) is 0 Å². The maximum absolute atomic E-state index is 12.1. The molecule has 0 bridgehead atoms. The van der Waals surface area contributed by atoms with Gasteiger partial charge in [0.25, 0.3) is 0 Å². The standard InChI is InChI=1S/C15H26N2OS/c1-11(2)16-10-6-7-15(18)17(5)13(4)14-9-8-12(3)19-14/h8-9,11,13,16H,6-7,10H2,1-5H3. The highest BCUT2D eigenvalue weighted by Crippen LogP contribution is 2.26. The van der Waals surface area contributed by atoms with E-state index < -0.39 is 0 Å². The van der Waals surface area contributed by atoms with Gasteiger partial charge in [-0.2, -0.15) is 0 Å². The van der Waals surface area contributed by atoms with Crippen molar-refractivity contribution in [3.8, 4) is 0 Å². The molecule has 19 heavy (non-hydrogen) atoms. The van der Waals surface area contributed by atoms with Crippen LogP contribution in [0, 0.1) is 6.92 Å². The number of amides is 1. The van der Waals surface area contributed by atoms with Gasteiger partial charge in [-0.3, -0.25) is 4.79 Å². The average Bonchev–Trinajstić information content (AvgIpc) is 2.79. The molecule has 0 fully saturated rings. The summed E-state index contributed by atoms with van der Waals surface area (Å²) in [4.78, 5) is 16.5. The van der Waals surface area contributed by atoms with Gasteiger partial charge in [-0.15, -0.1) is 11.3 Å². The van der Waals surface area contributed by atoms with Crippen molar-refractivity contribution in [3.63, 3.8) is 0 Å². The van der Waals surface area contributed by atoms with Gasteiger partial charge in [0, 0.05) is 29.3 Å². The maximum atomic E-state index is 12.1. The molecule has 1 rings (SSSR count). The highest BCUT2D eigenvalue weighted by atomic mass is 32.1. The SMILES string of the molecule is Cc1ccc(C(C)N(C)C(=O)CCCNC(C)C)s1. The van der Waals surface area contributed by atoms with Crippen LogP contribution in [0.4, 0.5) is 0 Å². The molecule has 0 aromatic carbocycles. The molecule has 1 aromatic rings. The number of nitrogens with one attached hydrogen (secondary N) is 1.